The number of esters is 1. The highest BCUT2D eigenvalue weighted by Gasteiger charge is 2.14. The van der Waals surface area contributed by atoms with Gasteiger partial charge in [-0.25, -0.2) is 4.39 Å². The fourth-order valence-corrected chi connectivity index (χ4v) is 1.27. The van der Waals surface area contributed by atoms with Crippen molar-refractivity contribution in [3.63, 3.8) is 0 Å². The third-order valence-electron chi connectivity index (χ3n) is 2.33. The Morgan fingerprint density at radius 1 is 1.50 bits per heavy atom. The van der Waals surface area contributed by atoms with E-state index in [-0.39, 0.29) is 24.3 Å². The second kappa shape index (κ2) is 6.23. The van der Waals surface area contributed by atoms with Crippen molar-refractivity contribution in [3.8, 4) is 0 Å². The summed E-state index contributed by atoms with van der Waals surface area (Å²) in [4.78, 5) is 11.4. The van der Waals surface area contributed by atoms with Crippen LogP contribution in [0, 0.1) is 11.7 Å². The van der Waals surface area contributed by atoms with Crippen LogP contribution in [0.5, 0.6) is 0 Å². The summed E-state index contributed by atoms with van der Waals surface area (Å²) >= 11 is 0. The number of hydrogen-bond donors (Lipinski definition) is 1. The molecule has 0 saturated heterocycles. The zero-order chi connectivity index (χ0) is 12.0. The number of hydrogen-bond acceptors (Lipinski definition) is 3. The Labute approximate surface area is 94.4 Å². The maximum Gasteiger partial charge on any atom is 0.309 e. The van der Waals surface area contributed by atoms with Crippen LogP contribution >= 0.6 is 0 Å². The summed E-state index contributed by atoms with van der Waals surface area (Å²) < 4.78 is 18.2. The van der Waals surface area contributed by atoms with Crippen molar-refractivity contribution in [2.45, 2.75) is 20.0 Å². The lowest BCUT2D eigenvalue weighted by atomic mass is 10.1. The van der Waals surface area contributed by atoms with Gasteiger partial charge in [-0.1, -0.05) is 25.1 Å². The molecule has 1 rings (SSSR count). The summed E-state index contributed by atoms with van der Waals surface area (Å²) in [5, 5.41) is 0. The van der Waals surface area contributed by atoms with Gasteiger partial charge in [0, 0.05) is 5.56 Å². The van der Waals surface area contributed by atoms with Crippen molar-refractivity contribution in [2.24, 2.45) is 11.7 Å². The average Bonchev–Trinajstić information content (AvgIpc) is 2.28. The third-order valence-corrected chi connectivity index (χ3v) is 2.33. The zero-order valence-corrected chi connectivity index (χ0v) is 9.28. The minimum atomic E-state index is -0.359. The molecule has 0 aromatic heterocycles. The SMILES string of the molecule is CC(CCN)C(=O)OCc1ccccc1F. The number of ether oxygens (including phenoxy) is 1. The molecule has 0 spiro atoms. The van der Waals surface area contributed by atoms with Gasteiger partial charge in [-0.2, -0.15) is 0 Å². The molecule has 1 atom stereocenters. The Morgan fingerprint density at radius 2 is 2.19 bits per heavy atom. The normalized spacial score (nSPS) is 12.2. The van der Waals surface area contributed by atoms with Gasteiger partial charge in [-0.15, -0.1) is 0 Å². The molecular weight excluding hydrogens is 209 g/mol. The molecule has 0 aliphatic carbocycles. The average molecular weight is 225 g/mol. The largest absolute Gasteiger partial charge is 0.460 e. The third kappa shape index (κ3) is 3.62. The fraction of sp³-hybridized carbons (Fsp3) is 0.417. The summed E-state index contributed by atoms with van der Waals surface area (Å²) in [7, 11) is 0. The smallest absolute Gasteiger partial charge is 0.309 e. The Hall–Kier alpha value is -1.42. The van der Waals surface area contributed by atoms with Crippen molar-refractivity contribution in [3.05, 3.63) is 35.6 Å². The highest BCUT2D eigenvalue weighted by atomic mass is 19.1. The summed E-state index contributed by atoms with van der Waals surface area (Å²) in [5.74, 6) is -0.938. The minimum absolute atomic E-state index is 0.0274. The molecule has 1 unspecified atom stereocenters. The van der Waals surface area contributed by atoms with Crippen molar-refractivity contribution in [1.82, 2.24) is 0 Å². The van der Waals surface area contributed by atoms with Gasteiger partial charge in [0.2, 0.25) is 0 Å². The first-order valence-corrected chi connectivity index (χ1v) is 5.25. The molecule has 88 valence electrons. The van der Waals surface area contributed by atoms with Crippen molar-refractivity contribution in [2.75, 3.05) is 6.54 Å². The number of benzene rings is 1. The van der Waals surface area contributed by atoms with E-state index >= 15 is 0 Å². The molecule has 2 N–H and O–H groups in total. The van der Waals surface area contributed by atoms with Crippen LogP contribution in [0.2, 0.25) is 0 Å². The van der Waals surface area contributed by atoms with Crippen LogP contribution in [0.15, 0.2) is 24.3 Å². The van der Waals surface area contributed by atoms with Crippen molar-refractivity contribution in [1.29, 1.82) is 0 Å². The molecule has 0 amide bonds. The monoisotopic (exact) mass is 225 g/mol. The molecule has 4 heteroatoms. The lowest BCUT2D eigenvalue weighted by Crippen LogP contribution is -2.18. The molecule has 1 aromatic rings. The Bertz CT molecular complexity index is 355. The topological polar surface area (TPSA) is 52.3 Å². The predicted octanol–water partition coefficient (Wildman–Crippen LogP) is 1.85. The lowest BCUT2D eigenvalue weighted by molar-refractivity contribution is -0.149. The Balaban J connectivity index is 2.46. The molecule has 3 nitrogen and oxygen atoms in total. The van der Waals surface area contributed by atoms with Crippen LogP contribution in [0.25, 0.3) is 0 Å². The van der Waals surface area contributed by atoms with E-state index in [4.69, 9.17) is 10.5 Å². The highest BCUT2D eigenvalue weighted by Crippen LogP contribution is 2.10. The maximum absolute atomic E-state index is 13.2. The van der Waals surface area contributed by atoms with Crippen LogP contribution in [-0.4, -0.2) is 12.5 Å². The number of carbonyl (C=O) groups excluding carboxylic acids is 1. The molecule has 0 aliphatic heterocycles. The zero-order valence-electron chi connectivity index (χ0n) is 9.28. The number of halogens is 1. The van der Waals surface area contributed by atoms with Gasteiger partial charge in [0.1, 0.15) is 12.4 Å². The van der Waals surface area contributed by atoms with Gasteiger partial charge in [0.05, 0.1) is 5.92 Å². The lowest BCUT2D eigenvalue weighted by Gasteiger charge is -2.10. The van der Waals surface area contributed by atoms with E-state index in [0.717, 1.165) is 0 Å². The van der Waals surface area contributed by atoms with E-state index in [0.29, 0.717) is 18.5 Å². The molecule has 16 heavy (non-hydrogen) atoms. The van der Waals surface area contributed by atoms with Gasteiger partial charge < -0.3 is 10.5 Å². The van der Waals surface area contributed by atoms with Crippen LogP contribution in [0.1, 0.15) is 18.9 Å². The predicted molar refractivity (Wildman–Crippen MR) is 59.0 cm³/mol. The Kier molecular flexibility index (Phi) is 4.92. The summed E-state index contributed by atoms with van der Waals surface area (Å²) in [5.41, 5.74) is 5.72. The van der Waals surface area contributed by atoms with Gasteiger partial charge in [0.25, 0.3) is 0 Å². The highest BCUT2D eigenvalue weighted by molar-refractivity contribution is 5.71. The van der Waals surface area contributed by atoms with E-state index in [1.54, 1.807) is 25.1 Å². The fourth-order valence-electron chi connectivity index (χ4n) is 1.27. The number of carbonyl (C=O) groups is 1. The maximum atomic E-state index is 13.2. The second-order valence-corrected chi connectivity index (χ2v) is 3.68. The molecule has 0 bridgehead atoms. The first kappa shape index (κ1) is 12.6. The van der Waals surface area contributed by atoms with E-state index in [1.807, 2.05) is 0 Å². The van der Waals surface area contributed by atoms with E-state index in [2.05, 4.69) is 0 Å². The molecule has 0 fully saturated rings. The summed E-state index contributed by atoms with van der Waals surface area (Å²) in [6.45, 7) is 2.16. The van der Waals surface area contributed by atoms with E-state index in [1.165, 1.54) is 6.07 Å². The van der Waals surface area contributed by atoms with Gasteiger partial charge in [-0.3, -0.25) is 4.79 Å². The van der Waals surface area contributed by atoms with Crippen molar-refractivity contribution < 1.29 is 13.9 Å². The van der Waals surface area contributed by atoms with E-state index < -0.39 is 0 Å². The first-order valence-electron chi connectivity index (χ1n) is 5.25. The molecular formula is C12H16FNO2. The van der Waals surface area contributed by atoms with Gasteiger partial charge >= 0.3 is 5.97 Å². The molecule has 0 saturated carbocycles. The van der Waals surface area contributed by atoms with Gasteiger partial charge in [-0.05, 0) is 19.0 Å². The van der Waals surface area contributed by atoms with E-state index in [9.17, 15) is 9.18 Å². The minimum Gasteiger partial charge on any atom is -0.460 e. The number of rotatable bonds is 5. The van der Waals surface area contributed by atoms with Crippen LogP contribution in [-0.2, 0) is 16.1 Å². The Morgan fingerprint density at radius 3 is 2.81 bits per heavy atom. The molecule has 0 aliphatic rings. The number of nitrogens with two attached hydrogens (primary N) is 1. The molecule has 0 heterocycles. The second-order valence-electron chi connectivity index (χ2n) is 3.68. The van der Waals surface area contributed by atoms with Gasteiger partial charge in [0.15, 0.2) is 0 Å². The summed E-state index contributed by atoms with van der Waals surface area (Å²) in [6.07, 6.45) is 0.579. The molecule has 1 aromatic carbocycles. The van der Waals surface area contributed by atoms with Crippen LogP contribution in [0.3, 0.4) is 0 Å². The summed E-state index contributed by atoms with van der Waals surface area (Å²) in [6, 6.07) is 6.23. The van der Waals surface area contributed by atoms with Crippen molar-refractivity contribution >= 4 is 5.97 Å². The standard InChI is InChI=1S/C12H16FNO2/c1-9(6-7-14)12(15)16-8-10-4-2-3-5-11(10)13/h2-5,9H,6-8,14H2,1H3. The first-order chi connectivity index (χ1) is 7.65. The van der Waals surface area contributed by atoms with Crippen LogP contribution < -0.4 is 5.73 Å². The van der Waals surface area contributed by atoms with Crippen LogP contribution in [0.4, 0.5) is 4.39 Å². The molecule has 0 radical (unpaired) electrons. The quantitative estimate of drug-likeness (QED) is 0.778.